The first kappa shape index (κ1) is 14.0. The lowest BCUT2D eigenvalue weighted by Gasteiger charge is -2.19. The molecule has 0 saturated carbocycles. The maximum absolute atomic E-state index is 12.3. The minimum absolute atomic E-state index is 0.128. The van der Waals surface area contributed by atoms with E-state index < -0.39 is 0 Å². The number of likely N-dealkylation sites (N-methyl/N-ethyl adjacent to an activating group) is 1. The summed E-state index contributed by atoms with van der Waals surface area (Å²) in [6, 6.07) is 2.01. The van der Waals surface area contributed by atoms with E-state index in [1.807, 2.05) is 24.8 Å². The molecule has 1 aromatic rings. The van der Waals surface area contributed by atoms with Crippen LogP contribution in [0.4, 0.5) is 0 Å². The number of hydrogen-bond donors (Lipinski definition) is 0. The van der Waals surface area contributed by atoms with Crippen LogP contribution in [0.5, 0.6) is 0 Å². The molecular weight excluding hydrogens is 230 g/mol. The van der Waals surface area contributed by atoms with Gasteiger partial charge >= 0.3 is 0 Å². The Hall–Kier alpha value is -1.09. The summed E-state index contributed by atoms with van der Waals surface area (Å²) in [5.41, 5.74) is 2.25. The average molecular weight is 251 g/mol. The molecule has 17 heavy (non-hydrogen) atoms. The summed E-state index contributed by atoms with van der Waals surface area (Å²) in [4.78, 5) is 16.3. The van der Waals surface area contributed by atoms with Gasteiger partial charge in [0.2, 0.25) is 0 Å². The topological polar surface area (TPSA) is 20.3 Å². The molecule has 0 radical (unpaired) electrons. The first-order chi connectivity index (χ1) is 7.99. The molecule has 0 atom stereocenters. The zero-order chi connectivity index (χ0) is 13.0. The van der Waals surface area contributed by atoms with Crippen LogP contribution in [-0.4, -0.2) is 23.9 Å². The Kier molecular flexibility index (Phi) is 4.94. The predicted octanol–water partition coefficient (Wildman–Crippen LogP) is 3.66. The maximum atomic E-state index is 12.3. The molecule has 1 rings (SSSR count). The molecular formula is C14H21NOS. The Bertz CT molecular complexity index is 420. The smallest absolute Gasteiger partial charge is 0.264 e. The van der Waals surface area contributed by atoms with Gasteiger partial charge in [-0.2, -0.15) is 0 Å². The van der Waals surface area contributed by atoms with E-state index in [1.165, 1.54) is 10.4 Å². The normalized spacial score (nSPS) is 10.4. The molecule has 94 valence electrons. The minimum Gasteiger partial charge on any atom is -0.334 e. The summed E-state index contributed by atoms with van der Waals surface area (Å²) in [5.74, 6) is 0.128. The SMILES string of the molecule is C=C(C)CN(CC)C(=O)c1cc(C)c(CC)s1. The highest BCUT2D eigenvalue weighted by Gasteiger charge is 2.17. The first-order valence-corrected chi connectivity index (χ1v) is 6.84. The van der Waals surface area contributed by atoms with Crippen molar-refractivity contribution in [1.82, 2.24) is 4.90 Å². The van der Waals surface area contributed by atoms with Crippen molar-refractivity contribution in [3.8, 4) is 0 Å². The Morgan fingerprint density at radius 2 is 2.12 bits per heavy atom. The summed E-state index contributed by atoms with van der Waals surface area (Å²) < 4.78 is 0. The molecule has 1 amide bonds. The van der Waals surface area contributed by atoms with Gasteiger partial charge in [0.1, 0.15) is 0 Å². The Labute approximate surface area is 108 Å². The van der Waals surface area contributed by atoms with Crippen LogP contribution in [0.15, 0.2) is 18.2 Å². The minimum atomic E-state index is 0.128. The summed E-state index contributed by atoms with van der Waals surface area (Å²) in [6.45, 7) is 13.4. The van der Waals surface area contributed by atoms with Crippen molar-refractivity contribution in [1.29, 1.82) is 0 Å². The van der Waals surface area contributed by atoms with E-state index >= 15 is 0 Å². The number of carbonyl (C=O) groups is 1. The fourth-order valence-electron chi connectivity index (χ4n) is 1.79. The lowest BCUT2D eigenvalue weighted by atomic mass is 10.2. The summed E-state index contributed by atoms with van der Waals surface area (Å²) >= 11 is 1.62. The third-order valence-electron chi connectivity index (χ3n) is 2.68. The molecule has 0 aliphatic heterocycles. The van der Waals surface area contributed by atoms with Gasteiger partial charge in [-0.05, 0) is 38.8 Å². The molecule has 0 spiro atoms. The van der Waals surface area contributed by atoms with Gasteiger partial charge in [0, 0.05) is 18.0 Å². The van der Waals surface area contributed by atoms with Crippen LogP contribution < -0.4 is 0 Å². The monoisotopic (exact) mass is 251 g/mol. The van der Waals surface area contributed by atoms with Gasteiger partial charge in [-0.1, -0.05) is 19.1 Å². The predicted molar refractivity (Wildman–Crippen MR) is 74.8 cm³/mol. The van der Waals surface area contributed by atoms with Gasteiger partial charge in [0.15, 0.2) is 0 Å². The van der Waals surface area contributed by atoms with Crippen LogP contribution in [0.2, 0.25) is 0 Å². The molecule has 0 aliphatic rings. The Morgan fingerprint density at radius 3 is 2.53 bits per heavy atom. The molecule has 1 heterocycles. The highest BCUT2D eigenvalue weighted by atomic mass is 32.1. The van der Waals surface area contributed by atoms with Gasteiger partial charge in [-0.25, -0.2) is 0 Å². The van der Waals surface area contributed by atoms with E-state index in [1.54, 1.807) is 11.3 Å². The van der Waals surface area contributed by atoms with Crippen molar-refractivity contribution in [2.24, 2.45) is 0 Å². The van der Waals surface area contributed by atoms with Crippen molar-refractivity contribution >= 4 is 17.2 Å². The summed E-state index contributed by atoms with van der Waals surface area (Å²) in [7, 11) is 0. The number of nitrogens with zero attached hydrogens (tertiary/aromatic N) is 1. The number of amides is 1. The largest absolute Gasteiger partial charge is 0.334 e. The maximum Gasteiger partial charge on any atom is 0.264 e. The second kappa shape index (κ2) is 6.01. The van der Waals surface area contributed by atoms with Crippen molar-refractivity contribution in [2.45, 2.75) is 34.1 Å². The summed E-state index contributed by atoms with van der Waals surface area (Å²) in [6.07, 6.45) is 0.996. The van der Waals surface area contributed by atoms with Gasteiger partial charge < -0.3 is 4.90 Å². The molecule has 0 fully saturated rings. The Morgan fingerprint density at radius 1 is 1.47 bits per heavy atom. The number of thiophene rings is 1. The van der Waals surface area contributed by atoms with Crippen LogP contribution in [0.25, 0.3) is 0 Å². The highest BCUT2D eigenvalue weighted by Crippen LogP contribution is 2.23. The zero-order valence-electron chi connectivity index (χ0n) is 11.2. The standard InChI is InChI=1S/C14H21NOS/c1-6-12-11(5)8-13(17-12)14(16)15(7-2)9-10(3)4/h8H,3,6-7,9H2,1-2,4-5H3. The number of rotatable bonds is 5. The molecule has 0 bridgehead atoms. The first-order valence-electron chi connectivity index (χ1n) is 6.02. The lowest BCUT2D eigenvalue weighted by Crippen LogP contribution is -2.31. The van der Waals surface area contributed by atoms with Gasteiger partial charge in [0.25, 0.3) is 5.91 Å². The zero-order valence-corrected chi connectivity index (χ0v) is 12.0. The molecule has 3 heteroatoms. The van der Waals surface area contributed by atoms with Crippen molar-refractivity contribution in [3.05, 3.63) is 33.5 Å². The van der Waals surface area contributed by atoms with Crippen LogP contribution in [0, 0.1) is 6.92 Å². The third kappa shape index (κ3) is 3.43. The van der Waals surface area contributed by atoms with Crippen LogP contribution in [0.3, 0.4) is 0 Å². The Balaban J connectivity index is 2.89. The number of carbonyl (C=O) groups excluding carboxylic acids is 1. The molecule has 2 nitrogen and oxygen atoms in total. The van der Waals surface area contributed by atoms with Gasteiger partial charge in [0.05, 0.1) is 4.88 Å². The highest BCUT2D eigenvalue weighted by molar-refractivity contribution is 7.14. The van der Waals surface area contributed by atoms with E-state index in [2.05, 4.69) is 20.4 Å². The molecule has 1 aromatic heterocycles. The fraction of sp³-hybridized carbons (Fsp3) is 0.500. The molecule has 0 aromatic carbocycles. The molecule has 0 N–H and O–H groups in total. The van der Waals surface area contributed by atoms with Gasteiger partial charge in [-0.3, -0.25) is 4.79 Å². The number of hydrogen-bond acceptors (Lipinski definition) is 2. The van der Waals surface area contributed by atoms with Crippen molar-refractivity contribution in [3.63, 3.8) is 0 Å². The van der Waals surface area contributed by atoms with Crippen LogP contribution >= 0.6 is 11.3 Å². The van der Waals surface area contributed by atoms with Crippen molar-refractivity contribution in [2.75, 3.05) is 13.1 Å². The molecule has 0 saturated heterocycles. The van der Waals surface area contributed by atoms with E-state index in [4.69, 9.17) is 0 Å². The van der Waals surface area contributed by atoms with Crippen LogP contribution in [0.1, 0.15) is 40.9 Å². The summed E-state index contributed by atoms with van der Waals surface area (Å²) in [5, 5.41) is 0. The van der Waals surface area contributed by atoms with E-state index in [9.17, 15) is 4.79 Å². The quantitative estimate of drug-likeness (QED) is 0.731. The average Bonchev–Trinajstić information content (AvgIpc) is 2.66. The lowest BCUT2D eigenvalue weighted by molar-refractivity contribution is 0.0783. The molecule has 0 unspecified atom stereocenters. The van der Waals surface area contributed by atoms with E-state index in [0.717, 1.165) is 23.4 Å². The second-order valence-corrected chi connectivity index (χ2v) is 5.48. The van der Waals surface area contributed by atoms with Crippen LogP contribution in [-0.2, 0) is 6.42 Å². The van der Waals surface area contributed by atoms with E-state index in [-0.39, 0.29) is 5.91 Å². The van der Waals surface area contributed by atoms with Crippen molar-refractivity contribution < 1.29 is 4.79 Å². The van der Waals surface area contributed by atoms with E-state index in [0.29, 0.717) is 6.54 Å². The second-order valence-electron chi connectivity index (χ2n) is 4.35. The third-order valence-corrected chi connectivity index (χ3v) is 4.05. The molecule has 0 aliphatic carbocycles. The fourth-order valence-corrected chi connectivity index (χ4v) is 2.87. The number of aryl methyl sites for hydroxylation is 2. The van der Waals surface area contributed by atoms with Gasteiger partial charge in [-0.15, -0.1) is 11.3 Å².